The van der Waals surface area contributed by atoms with Crippen molar-refractivity contribution in [3.05, 3.63) is 58.1 Å². The third kappa shape index (κ3) is 3.49. The molecule has 3 heteroatoms. The van der Waals surface area contributed by atoms with E-state index < -0.39 is 0 Å². The van der Waals surface area contributed by atoms with Gasteiger partial charge in [0.2, 0.25) is 0 Å². The molecule has 0 amide bonds. The van der Waals surface area contributed by atoms with Crippen molar-refractivity contribution >= 4 is 11.6 Å². The van der Waals surface area contributed by atoms with Crippen molar-refractivity contribution in [3.63, 3.8) is 0 Å². The third-order valence-corrected chi connectivity index (χ3v) is 3.29. The van der Waals surface area contributed by atoms with Crippen molar-refractivity contribution in [1.29, 1.82) is 0 Å². The molecule has 19 heavy (non-hydrogen) atoms. The van der Waals surface area contributed by atoms with Gasteiger partial charge in [-0.2, -0.15) is 0 Å². The molecule has 0 aromatic heterocycles. The van der Waals surface area contributed by atoms with Gasteiger partial charge in [-0.3, -0.25) is 0 Å². The minimum absolute atomic E-state index is 0.617. The van der Waals surface area contributed by atoms with E-state index in [1.54, 1.807) is 0 Å². The maximum Gasteiger partial charge on any atom is 0.146 e. The van der Waals surface area contributed by atoms with E-state index in [9.17, 15) is 0 Å². The van der Waals surface area contributed by atoms with Crippen LogP contribution in [0.25, 0.3) is 0 Å². The van der Waals surface area contributed by atoms with Crippen LogP contribution < -0.4 is 10.5 Å². The normalized spacial score (nSPS) is 10.5. The lowest BCUT2D eigenvalue weighted by Crippen LogP contribution is -2.02. The molecular formula is C16H18ClNO. The SMILES string of the molecule is Cc1ccc(C)c(Oc2ccc(CCN)cc2Cl)c1. The first kappa shape index (κ1) is 13.9. The fourth-order valence-corrected chi connectivity index (χ4v) is 2.13. The maximum atomic E-state index is 6.24. The molecule has 0 fully saturated rings. The van der Waals surface area contributed by atoms with Crippen molar-refractivity contribution in [1.82, 2.24) is 0 Å². The summed E-state index contributed by atoms with van der Waals surface area (Å²) in [5, 5.41) is 0.617. The first-order valence-corrected chi connectivity index (χ1v) is 6.71. The van der Waals surface area contributed by atoms with Crippen molar-refractivity contribution in [2.75, 3.05) is 6.54 Å². The summed E-state index contributed by atoms with van der Waals surface area (Å²) in [6.07, 6.45) is 0.823. The van der Waals surface area contributed by atoms with Gasteiger partial charge in [0.05, 0.1) is 5.02 Å². The van der Waals surface area contributed by atoms with E-state index in [1.807, 2.05) is 44.2 Å². The molecule has 2 aromatic carbocycles. The predicted molar refractivity (Wildman–Crippen MR) is 80.2 cm³/mol. The summed E-state index contributed by atoms with van der Waals surface area (Å²) in [4.78, 5) is 0. The molecular weight excluding hydrogens is 258 g/mol. The second-order valence-electron chi connectivity index (χ2n) is 4.67. The molecule has 0 atom stereocenters. The van der Waals surface area contributed by atoms with Crippen LogP contribution in [-0.4, -0.2) is 6.54 Å². The Balaban J connectivity index is 2.25. The number of hydrogen-bond donors (Lipinski definition) is 1. The fraction of sp³-hybridized carbons (Fsp3) is 0.250. The highest BCUT2D eigenvalue weighted by Gasteiger charge is 2.06. The minimum atomic E-state index is 0.617. The van der Waals surface area contributed by atoms with Gasteiger partial charge in [0.15, 0.2) is 0 Å². The van der Waals surface area contributed by atoms with Crippen LogP contribution in [-0.2, 0) is 6.42 Å². The molecule has 100 valence electrons. The molecule has 0 aliphatic carbocycles. The zero-order valence-corrected chi connectivity index (χ0v) is 12.0. The molecule has 0 bridgehead atoms. The average Bonchev–Trinajstić information content (AvgIpc) is 2.37. The third-order valence-electron chi connectivity index (χ3n) is 2.99. The largest absolute Gasteiger partial charge is 0.456 e. The highest BCUT2D eigenvalue weighted by atomic mass is 35.5. The Hall–Kier alpha value is -1.51. The fourth-order valence-electron chi connectivity index (χ4n) is 1.89. The van der Waals surface area contributed by atoms with Gasteiger partial charge in [-0.25, -0.2) is 0 Å². The number of aryl methyl sites for hydroxylation is 2. The molecule has 0 radical (unpaired) electrons. The molecule has 2 aromatic rings. The lowest BCUT2D eigenvalue weighted by Gasteiger charge is -2.11. The zero-order valence-electron chi connectivity index (χ0n) is 11.2. The summed E-state index contributed by atoms with van der Waals surface area (Å²) in [5.41, 5.74) is 8.91. The second-order valence-corrected chi connectivity index (χ2v) is 5.08. The van der Waals surface area contributed by atoms with Crippen LogP contribution in [0.5, 0.6) is 11.5 Å². The smallest absolute Gasteiger partial charge is 0.146 e. The van der Waals surface area contributed by atoms with E-state index >= 15 is 0 Å². The van der Waals surface area contributed by atoms with E-state index in [-0.39, 0.29) is 0 Å². The zero-order chi connectivity index (χ0) is 13.8. The van der Waals surface area contributed by atoms with E-state index in [2.05, 4.69) is 6.07 Å². The van der Waals surface area contributed by atoms with Crippen LogP contribution in [0.3, 0.4) is 0 Å². The van der Waals surface area contributed by atoms with Crippen LogP contribution in [0.4, 0.5) is 0 Å². The Labute approximate surface area is 119 Å². The van der Waals surface area contributed by atoms with Gasteiger partial charge in [-0.1, -0.05) is 29.8 Å². The topological polar surface area (TPSA) is 35.2 Å². The van der Waals surface area contributed by atoms with Crippen LogP contribution in [0, 0.1) is 13.8 Å². The van der Waals surface area contributed by atoms with Crippen molar-refractivity contribution in [3.8, 4) is 11.5 Å². The number of halogens is 1. The first-order chi connectivity index (χ1) is 9.10. The average molecular weight is 276 g/mol. The summed E-state index contributed by atoms with van der Waals surface area (Å²) in [6.45, 7) is 4.68. The van der Waals surface area contributed by atoms with Crippen molar-refractivity contribution in [2.24, 2.45) is 5.73 Å². The van der Waals surface area contributed by atoms with Crippen LogP contribution in [0.1, 0.15) is 16.7 Å². The van der Waals surface area contributed by atoms with Gasteiger partial charge in [0.1, 0.15) is 11.5 Å². The van der Waals surface area contributed by atoms with Gasteiger partial charge in [-0.15, -0.1) is 0 Å². The highest BCUT2D eigenvalue weighted by Crippen LogP contribution is 2.32. The van der Waals surface area contributed by atoms with E-state index in [0.29, 0.717) is 17.3 Å². The van der Waals surface area contributed by atoms with E-state index in [4.69, 9.17) is 22.1 Å². The summed E-state index contributed by atoms with van der Waals surface area (Å²) in [5.74, 6) is 1.52. The molecule has 2 rings (SSSR count). The monoisotopic (exact) mass is 275 g/mol. The number of nitrogens with two attached hydrogens (primary N) is 1. The number of ether oxygens (including phenoxy) is 1. The minimum Gasteiger partial charge on any atom is -0.456 e. The summed E-state index contributed by atoms with van der Waals surface area (Å²) < 4.78 is 5.89. The Kier molecular flexibility index (Phi) is 4.46. The lowest BCUT2D eigenvalue weighted by molar-refractivity contribution is 0.478. The molecule has 0 unspecified atom stereocenters. The molecule has 2 nitrogen and oxygen atoms in total. The highest BCUT2D eigenvalue weighted by molar-refractivity contribution is 6.32. The van der Waals surface area contributed by atoms with E-state index in [0.717, 1.165) is 28.9 Å². The van der Waals surface area contributed by atoms with E-state index in [1.165, 1.54) is 0 Å². The van der Waals surface area contributed by atoms with Gasteiger partial charge in [0, 0.05) is 0 Å². The van der Waals surface area contributed by atoms with Gasteiger partial charge >= 0.3 is 0 Å². The molecule has 0 aliphatic heterocycles. The van der Waals surface area contributed by atoms with Gasteiger partial charge < -0.3 is 10.5 Å². The Morgan fingerprint density at radius 1 is 1.05 bits per heavy atom. The molecule has 0 aliphatic rings. The summed E-state index contributed by atoms with van der Waals surface area (Å²) >= 11 is 6.24. The Bertz CT molecular complexity index is 581. The van der Waals surface area contributed by atoms with Crippen LogP contribution >= 0.6 is 11.6 Å². The second kappa shape index (κ2) is 6.09. The molecule has 0 saturated carbocycles. The molecule has 2 N–H and O–H groups in total. The Morgan fingerprint density at radius 3 is 2.53 bits per heavy atom. The molecule has 0 spiro atoms. The molecule has 0 heterocycles. The van der Waals surface area contributed by atoms with Gasteiger partial charge in [-0.05, 0) is 61.7 Å². The summed E-state index contributed by atoms with van der Waals surface area (Å²) in [7, 11) is 0. The predicted octanol–water partition coefficient (Wildman–Crippen LogP) is 4.25. The van der Waals surface area contributed by atoms with Crippen LogP contribution in [0.2, 0.25) is 5.02 Å². The quantitative estimate of drug-likeness (QED) is 0.905. The number of rotatable bonds is 4. The van der Waals surface area contributed by atoms with Crippen molar-refractivity contribution < 1.29 is 4.74 Å². The molecule has 0 saturated heterocycles. The summed E-state index contributed by atoms with van der Waals surface area (Å²) in [6, 6.07) is 11.9. The lowest BCUT2D eigenvalue weighted by atomic mass is 10.1. The maximum absolute atomic E-state index is 6.24. The van der Waals surface area contributed by atoms with Crippen LogP contribution in [0.15, 0.2) is 36.4 Å². The van der Waals surface area contributed by atoms with Crippen molar-refractivity contribution in [2.45, 2.75) is 20.3 Å². The first-order valence-electron chi connectivity index (χ1n) is 6.34. The number of benzene rings is 2. The van der Waals surface area contributed by atoms with Gasteiger partial charge in [0.25, 0.3) is 0 Å². The standard InChI is InChI=1S/C16H18ClNO/c1-11-3-4-12(2)16(9-11)19-15-6-5-13(7-8-18)10-14(15)17/h3-6,9-10H,7-8,18H2,1-2H3. The Morgan fingerprint density at radius 2 is 1.84 bits per heavy atom. The number of hydrogen-bond acceptors (Lipinski definition) is 2.